The normalized spacial score (nSPS) is 11.2. The summed E-state index contributed by atoms with van der Waals surface area (Å²) in [6, 6.07) is 0.455. The minimum Gasteiger partial charge on any atom is -0.378 e. The van der Waals surface area contributed by atoms with Gasteiger partial charge in [-0.2, -0.15) is 0 Å². The van der Waals surface area contributed by atoms with Gasteiger partial charge in [0, 0.05) is 46.1 Å². The van der Waals surface area contributed by atoms with E-state index < -0.39 is 0 Å². The molecule has 0 bridgehead atoms. The summed E-state index contributed by atoms with van der Waals surface area (Å²) in [5.74, 6) is 0.667. The zero-order valence-electron chi connectivity index (χ0n) is 16.4. The average Bonchev–Trinajstić information content (AvgIpc) is 2.49. The summed E-state index contributed by atoms with van der Waals surface area (Å²) in [6.07, 6.45) is 1.98. The van der Waals surface area contributed by atoms with Crippen molar-refractivity contribution in [2.24, 2.45) is 5.92 Å². The number of likely N-dealkylation sites (N-methyl/N-ethyl adjacent to an activating group) is 2. The Hall–Kier alpha value is -1.14. The molecule has 0 aliphatic heterocycles. The predicted octanol–water partition coefficient (Wildman–Crippen LogP) is 1.74. The molecule has 0 fully saturated rings. The molecule has 6 nitrogen and oxygen atoms in total. The quantitative estimate of drug-likeness (QED) is 0.518. The number of hydrogen-bond acceptors (Lipinski definition) is 4. The molecule has 0 aliphatic carbocycles. The lowest BCUT2D eigenvalue weighted by Gasteiger charge is -2.20. The molecular weight excluding hydrogens is 306 g/mol. The van der Waals surface area contributed by atoms with Gasteiger partial charge in [0.25, 0.3) is 0 Å². The second-order valence-electron chi connectivity index (χ2n) is 7.05. The molecule has 142 valence electrons. The highest BCUT2D eigenvalue weighted by Crippen LogP contribution is 2.02. The van der Waals surface area contributed by atoms with Crippen molar-refractivity contribution in [3.8, 4) is 0 Å². The molecule has 0 atom stereocenters. The zero-order chi connectivity index (χ0) is 18.5. The minimum absolute atomic E-state index is 0.147. The molecular formula is C18H37N3O3. The van der Waals surface area contributed by atoms with E-state index in [-0.39, 0.29) is 11.8 Å². The van der Waals surface area contributed by atoms with Gasteiger partial charge < -0.3 is 19.9 Å². The number of amides is 2. The monoisotopic (exact) mass is 343 g/mol. The van der Waals surface area contributed by atoms with Crippen LogP contribution in [0.15, 0.2) is 0 Å². The molecule has 0 saturated carbocycles. The highest BCUT2D eigenvalue weighted by molar-refractivity contribution is 5.76. The lowest BCUT2D eigenvalue weighted by atomic mass is 10.1. The van der Waals surface area contributed by atoms with Gasteiger partial charge in [0.05, 0.1) is 13.2 Å². The SMILES string of the molecule is CC(C)CC(=O)N(C)CCOCCN(C)C(=O)CCCNC(C)C. The number of ether oxygens (including phenoxy) is 1. The van der Waals surface area contributed by atoms with Gasteiger partial charge in [-0.3, -0.25) is 9.59 Å². The van der Waals surface area contributed by atoms with Crippen LogP contribution in [0.25, 0.3) is 0 Å². The van der Waals surface area contributed by atoms with Crippen molar-refractivity contribution in [2.45, 2.75) is 53.0 Å². The molecule has 0 saturated heterocycles. The molecule has 1 N–H and O–H groups in total. The Balaban J connectivity index is 3.68. The van der Waals surface area contributed by atoms with E-state index in [4.69, 9.17) is 4.74 Å². The second-order valence-corrected chi connectivity index (χ2v) is 7.05. The highest BCUT2D eigenvalue weighted by Gasteiger charge is 2.11. The number of hydrogen-bond donors (Lipinski definition) is 1. The maximum atomic E-state index is 11.9. The molecule has 2 amide bonds. The van der Waals surface area contributed by atoms with Gasteiger partial charge in [0.2, 0.25) is 11.8 Å². The summed E-state index contributed by atoms with van der Waals surface area (Å²) in [6.45, 7) is 11.3. The van der Waals surface area contributed by atoms with Crippen molar-refractivity contribution < 1.29 is 14.3 Å². The van der Waals surface area contributed by atoms with Crippen LogP contribution in [0.4, 0.5) is 0 Å². The van der Waals surface area contributed by atoms with E-state index in [1.807, 2.05) is 13.8 Å². The first kappa shape index (κ1) is 22.9. The maximum absolute atomic E-state index is 11.9. The van der Waals surface area contributed by atoms with Crippen LogP contribution in [0.2, 0.25) is 0 Å². The van der Waals surface area contributed by atoms with E-state index in [0.29, 0.717) is 51.1 Å². The Morgan fingerprint density at radius 3 is 2.00 bits per heavy atom. The van der Waals surface area contributed by atoms with E-state index in [2.05, 4.69) is 19.2 Å². The Morgan fingerprint density at radius 1 is 0.958 bits per heavy atom. The standard InChI is InChI=1S/C18H37N3O3/c1-15(2)14-18(23)21(6)11-13-24-12-10-20(5)17(22)8-7-9-19-16(3)4/h15-16,19H,7-14H2,1-6H3. The fourth-order valence-electron chi connectivity index (χ4n) is 2.08. The molecule has 0 rings (SSSR count). The number of nitrogens with zero attached hydrogens (tertiary/aromatic N) is 2. The predicted molar refractivity (Wildman–Crippen MR) is 97.9 cm³/mol. The average molecular weight is 344 g/mol. The smallest absolute Gasteiger partial charge is 0.222 e. The van der Waals surface area contributed by atoms with Gasteiger partial charge in [0.1, 0.15) is 0 Å². The van der Waals surface area contributed by atoms with Crippen LogP contribution in [0, 0.1) is 5.92 Å². The van der Waals surface area contributed by atoms with Crippen LogP contribution < -0.4 is 5.32 Å². The van der Waals surface area contributed by atoms with Crippen LogP contribution in [-0.2, 0) is 14.3 Å². The summed E-state index contributed by atoms with van der Waals surface area (Å²) in [7, 11) is 3.61. The largest absolute Gasteiger partial charge is 0.378 e. The molecule has 0 aliphatic rings. The van der Waals surface area contributed by atoms with Crippen LogP contribution >= 0.6 is 0 Å². The summed E-state index contributed by atoms with van der Waals surface area (Å²) in [4.78, 5) is 27.2. The maximum Gasteiger partial charge on any atom is 0.222 e. The third-order valence-corrected chi connectivity index (χ3v) is 3.70. The first-order valence-corrected chi connectivity index (χ1v) is 9.03. The lowest BCUT2D eigenvalue weighted by molar-refractivity contribution is -0.131. The van der Waals surface area contributed by atoms with Crippen molar-refractivity contribution >= 4 is 11.8 Å². The van der Waals surface area contributed by atoms with Crippen LogP contribution in [0.3, 0.4) is 0 Å². The third-order valence-electron chi connectivity index (χ3n) is 3.70. The summed E-state index contributed by atoms with van der Waals surface area (Å²) in [5.41, 5.74) is 0. The number of carbonyl (C=O) groups is 2. The van der Waals surface area contributed by atoms with Crippen molar-refractivity contribution in [3.05, 3.63) is 0 Å². The summed E-state index contributed by atoms with van der Waals surface area (Å²) >= 11 is 0. The van der Waals surface area contributed by atoms with E-state index in [0.717, 1.165) is 13.0 Å². The van der Waals surface area contributed by atoms with Crippen molar-refractivity contribution in [3.63, 3.8) is 0 Å². The minimum atomic E-state index is 0.147. The Morgan fingerprint density at radius 2 is 1.50 bits per heavy atom. The molecule has 0 spiro atoms. The number of rotatable bonds is 13. The topological polar surface area (TPSA) is 61.9 Å². The van der Waals surface area contributed by atoms with Gasteiger partial charge in [-0.05, 0) is 18.9 Å². The molecule has 6 heteroatoms. The lowest BCUT2D eigenvalue weighted by Crippen LogP contribution is -2.33. The molecule has 0 heterocycles. The van der Waals surface area contributed by atoms with E-state index in [1.165, 1.54) is 0 Å². The fraction of sp³-hybridized carbons (Fsp3) is 0.889. The van der Waals surface area contributed by atoms with Gasteiger partial charge in [-0.15, -0.1) is 0 Å². The number of carbonyl (C=O) groups excluding carboxylic acids is 2. The molecule has 0 aromatic carbocycles. The van der Waals surface area contributed by atoms with Crippen molar-refractivity contribution in [1.82, 2.24) is 15.1 Å². The van der Waals surface area contributed by atoms with Crippen LogP contribution in [0.5, 0.6) is 0 Å². The first-order chi connectivity index (χ1) is 11.2. The molecule has 0 aromatic heterocycles. The van der Waals surface area contributed by atoms with E-state index >= 15 is 0 Å². The number of nitrogens with one attached hydrogen (secondary N) is 1. The fourth-order valence-corrected chi connectivity index (χ4v) is 2.08. The van der Waals surface area contributed by atoms with Gasteiger partial charge >= 0.3 is 0 Å². The molecule has 0 unspecified atom stereocenters. The zero-order valence-corrected chi connectivity index (χ0v) is 16.4. The Bertz CT molecular complexity index is 359. The van der Waals surface area contributed by atoms with Crippen molar-refractivity contribution in [1.29, 1.82) is 0 Å². The summed E-state index contributed by atoms with van der Waals surface area (Å²) < 4.78 is 5.54. The van der Waals surface area contributed by atoms with Crippen LogP contribution in [-0.4, -0.2) is 74.6 Å². The van der Waals surface area contributed by atoms with E-state index in [9.17, 15) is 9.59 Å². The van der Waals surface area contributed by atoms with Gasteiger partial charge in [-0.1, -0.05) is 27.7 Å². The Kier molecular flexibility index (Phi) is 12.6. The second kappa shape index (κ2) is 13.2. The van der Waals surface area contributed by atoms with Gasteiger partial charge in [-0.25, -0.2) is 0 Å². The first-order valence-electron chi connectivity index (χ1n) is 9.03. The molecule has 0 radical (unpaired) electrons. The Labute approximate surface area is 147 Å². The summed E-state index contributed by atoms with van der Waals surface area (Å²) in [5, 5.41) is 3.30. The third kappa shape index (κ3) is 12.3. The molecule has 0 aromatic rings. The van der Waals surface area contributed by atoms with E-state index in [1.54, 1.807) is 23.9 Å². The molecule has 24 heavy (non-hydrogen) atoms. The highest BCUT2D eigenvalue weighted by atomic mass is 16.5. The van der Waals surface area contributed by atoms with Crippen molar-refractivity contribution in [2.75, 3.05) is 46.9 Å². The van der Waals surface area contributed by atoms with Crippen LogP contribution in [0.1, 0.15) is 47.0 Å². The van der Waals surface area contributed by atoms with Gasteiger partial charge in [0.15, 0.2) is 0 Å².